The number of aromatic nitrogens is 2. The van der Waals surface area contributed by atoms with Gasteiger partial charge in [0.2, 0.25) is 0 Å². The molecule has 0 saturated heterocycles. The fourth-order valence-corrected chi connectivity index (χ4v) is 2.88. The molecule has 1 heterocycles. The maximum atomic E-state index is 13.0. The molecule has 0 spiro atoms. The third kappa shape index (κ3) is 4.75. The van der Waals surface area contributed by atoms with Gasteiger partial charge < -0.3 is 5.32 Å². The number of hydrogen-bond donors (Lipinski definition) is 1. The summed E-state index contributed by atoms with van der Waals surface area (Å²) in [4.78, 5) is 12.4. The van der Waals surface area contributed by atoms with Gasteiger partial charge in [-0.2, -0.15) is 5.10 Å². The van der Waals surface area contributed by atoms with E-state index in [0.29, 0.717) is 17.8 Å². The second-order valence-corrected chi connectivity index (χ2v) is 6.24. The van der Waals surface area contributed by atoms with Crippen molar-refractivity contribution in [2.75, 3.05) is 6.54 Å². The highest BCUT2D eigenvalue weighted by Gasteiger charge is 2.19. The van der Waals surface area contributed by atoms with Gasteiger partial charge in [-0.3, -0.25) is 4.79 Å². The van der Waals surface area contributed by atoms with Gasteiger partial charge in [0.15, 0.2) is 0 Å². The minimum Gasteiger partial charge on any atom is -0.341 e. The number of hydrogen-bond acceptors (Lipinski definition) is 2. The molecule has 4 nitrogen and oxygen atoms in total. The Labute approximate surface area is 162 Å². The fraction of sp³-hybridized carbons (Fsp3) is 0.143. The van der Waals surface area contributed by atoms with Crippen LogP contribution in [0.1, 0.15) is 27.2 Å². The molecule has 0 bridgehead atoms. The lowest BCUT2D eigenvalue weighted by atomic mass is 10.2. The Morgan fingerprint density at radius 3 is 2.59 bits per heavy atom. The Morgan fingerprint density at radius 2 is 1.89 bits per heavy atom. The van der Waals surface area contributed by atoms with Crippen LogP contribution in [0.2, 0.25) is 5.15 Å². The molecule has 1 amide bonds. The van der Waals surface area contributed by atoms with E-state index in [4.69, 9.17) is 11.6 Å². The van der Waals surface area contributed by atoms with Crippen molar-refractivity contribution in [3.63, 3.8) is 0 Å². The van der Waals surface area contributed by atoms with E-state index in [9.17, 15) is 9.18 Å². The van der Waals surface area contributed by atoms with E-state index in [1.165, 1.54) is 16.8 Å². The summed E-state index contributed by atoms with van der Waals surface area (Å²) < 4.78 is 14.5. The van der Waals surface area contributed by atoms with Crippen molar-refractivity contribution in [1.82, 2.24) is 15.1 Å². The quantitative estimate of drug-likeness (QED) is 0.698. The Morgan fingerprint density at radius 1 is 1.19 bits per heavy atom. The molecule has 1 aromatic heterocycles. The van der Waals surface area contributed by atoms with Gasteiger partial charge >= 0.3 is 0 Å². The van der Waals surface area contributed by atoms with Gasteiger partial charge in [0.1, 0.15) is 11.0 Å². The van der Waals surface area contributed by atoms with Crippen LogP contribution in [0, 0.1) is 24.6 Å². The number of rotatable bonds is 4. The molecule has 0 aliphatic heterocycles. The van der Waals surface area contributed by atoms with Crippen LogP contribution in [0.5, 0.6) is 0 Å². The van der Waals surface area contributed by atoms with E-state index in [1.807, 2.05) is 30.3 Å². The first-order chi connectivity index (χ1) is 13.0. The third-order valence-electron chi connectivity index (χ3n) is 3.88. The van der Waals surface area contributed by atoms with Gasteiger partial charge in [-0.25, -0.2) is 9.07 Å². The van der Waals surface area contributed by atoms with Crippen LogP contribution in [0.4, 0.5) is 4.39 Å². The monoisotopic (exact) mass is 381 g/mol. The first-order valence-corrected chi connectivity index (χ1v) is 8.72. The van der Waals surface area contributed by atoms with Gasteiger partial charge in [0, 0.05) is 5.56 Å². The van der Waals surface area contributed by atoms with E-state index in [0.717, 1.165) is 11.1 Å². The molecule has 0 unspecified atom stereocenters. The first-order valence-electron chi connectivity index (χ1n) is 8.34. The Kier molecular flexibility index (Phi) is 5.90. The minimum absolute atomic E-state index is 0.201. The number of nitrogens with one attached hydrogen (secondary N) is 1. The largest absolute Gasteiger partial charge is 0.341 e. The molecule has 1 N–H and O–H groups in total. The van der Waals surface area contributed by atoms with E-state index >= 15 is 0 Å². The molecule has 3 rings (SSSR count). The molecule has 3 aromatic rings. The molecule has 0 aliphatic carbocycles. The zero-order valence-corrected chi connectivity index (χ0v) is 15.4. The van der Waals surface area contributed by atoms with Gasteiger partial charge in [-0.1, -0.05) is 53.8 Å². The lowest BCUT2D eigenvalue weighted by Gasteiger charge is -2.04. The van der Waals surface area contributed by atoms with Crippen LogP contribution in [-0.2, 0) is 6.54 Å². The summed E-state index contributed by atoms with van der Waals surface area (Å²) in [6.45, 7) is 2.27. The summed E-state index contributed by atoms with van der Waals surface area (Å²) in [5.74, 6) is 5.24. The topological polar surface area (TPSA) is 46.9 Å². The van der Waals surface area contributed by atoms with E-state index in [2.05, 4.69) is 22.3 Å². The standard InChI is InChI=1S/C21H17ClFN3O/c1-15-19(21(27)24-13-5-8-16-6-3-2-4-7-16)20(22)26(25-15)14-17-9-11-18(23)12-10-17/h2-4,6-7,9-12H,13-14H2,1H3,(H,24,27). The van der Waals surface area contributed by atoms with Crippen molar-refractivity contribution >= 4 is 17.5 Å². The molecule has 27 heavy (non-hydrogen) atoms. The summed E-state index contributed by atoms with van der Waals surface area (Å²) in [5, 5.41) is 7.30. The second kappa shape index (κ2) is 8.52. The lowest BCUT2D eigenvalue weighted by molar-refractivity contribution is 0.0958. The Balaban J connectivity index is 1.67. The normalized spacial score (nSPS) is 10.2. The van der Waals surface area contributed by atoms with Gasteiger partial charge in [-0.05, 0) is 36.8 Å². The van der Waals surface area contributed by atoms with Crippen molar-refractivity contribution in [2.45, 2.75) is 13.5 Å². The van der Waals surface area contributed by atoms with Crippen LogP contribution in [0.15, 0.2) is 54.6 Å². The van der Waals surface area contributed by atoms with Crippen LogP contribution >= 0.6 is 11.6 Å². The average Bonchev–Trinajstić information content (AvgIpc) is 2.95. The predicted molar refractivity (Wildman–Crippen MR) is 103 cm³/mol. The summed E-state index contributed by atoms with van der Waals surface area (Å²) in [6.07, 6.45) is 0. The second-order valence-electron chi connectivity index (χ2n) is 5.89. The summed E-state index contributed by atoms with van der Waals surface area (Å²) >= 11 is 6.34. The molecule has 6 heteroatoms. The first kappa shape index (κ1) is 18.7. The van der Waals surface area contributed by atoms with Crippen molar-refractivity contribution in [2.24, 2.45) is 0 Å². The van der Waals surface area contributed by atoms with Crippen molar-refractivity contribution in [3.05, 3.63) is 88.0 Å². The molecular formula is C21H17ClFN3O. The van der Waals surface area contributed by atoms with E-state index in [1.54, 1.807) is 19.1 Å². The number of aryl methyl sites for hydroxylation is 1. The predicted octanol–water partition coefficient (Wildman–Crippen LogP) is 3.81. The number of carbonyl (C=O) groups excluding carboxylic acids is 1. The van der Waals surface area contributed by atoms with E-state index < -0.39 is 0 Å². The molecular weight excluding hydrogens is 365 g/mol. The molecule has 0 radical (unpaired) electrons. The summed E-state index contributed by atoms with van der Waals surface area (Å²) in [6, 6.07) is 15.6. The molecule has 2 aromatic carbocycles. The average molecular weight is 382 g/mol. The maximum absolute atomic E-state index is 13.0. The van der Waals surface area contributed by atoms with Gasteiger partial charge in [0.25, 0.3) is 5.91 Å². The fourth-order valence-electron chi connectivity index (χ4n) is 2.56. The Hall–Kier alpha value is -3.10. The Bertz CT molecular complexity index is 1000. The van der Waals surface area contributed by atoms with Gasteiger partial charge in [-0.15, -0.1) is 0 Å². The smallest absolute Gasteiger partial charge is 0.257 e. The highest BCUT2D eigenvalue weighted by Crippen LogP contribution is 2.21. The molecule has 0 atom stereocenters. The minimum atomic E-state index is -0.329. The maximum Gasteiger partial charge on any atom is 0.257 e. The van der Waals surface area contributed by atoms with Crippen molar-refractivity contribution < 1.29 is 9.18 Å². The summed E-state index contributed by atoms with van der Waals surface area (Å²) in [5.41, 5.74) is 2.56. The number of carbonyl (C=O) groups is 1. The van der Waals surface area contributed by atoms with Crippen LogP contribution in [0.3, 0.4) is 0 Å². The molecule has 0 aliphatic rings. The molecule has 0 fully saturated rings. The molecule has 136 valence electrons. The van der Waals surface area contributed by atoms with Gasteiger partial charge in [0.05, 0.1) is 24.3 Å². The molecule has 0 saturated carbocycles. The van der Waals surface area contributed by atoms with Crippen molar-refractivity contribution in [3.8, 4) is 11.8 Å². The van der Waals surface area contributed by atoms with Crippen LogP contribution in [0.25, 0.3) is 0 Å². The van der Waals surface area contributed by atoms with Crippen molar-refractivity contribution in [1.29, 1.82) is 0 Å². The number of amides is 1. The third-order valence-corrected chi connectivity index (χ3v) is 4.27. The highest BCUT2D eigenvalue weighted by atomic mass is 35.5. The lowest BCUT2D eigenvalue weighted by Crippen LogP contribution is -2.24. The zero-order valence-electron chi connectivity index (χ0n) is 14.7. The number of benzene rings is 2. The van der Waals surface area contributed by atoms with E-state index in [-0.39, 0.29) is 23.4 Å². The summed E-state index contributed by atoms with van der Waals surface area (Å²) in [7, 11) is 0. The number of nitrogens with zero attached hydrogens (tertiary/aromatic N) is 2. The zero-order chi connectivity index (χ0) is 19.2. The van der Waals surface area contributed by atoms with Crippen LogP contribution < -0.4 is 5.32 Å². The highest BCUT2D eigenvalue weighted by molar-refractivity contribution is 6.33. The number of halogens is 2. The SMILES string of the molecule is Cc1nn(Cc2ccc(F)cc2)c(Cl)c1C(=O)NCC#Cc1ccccc1. The van der Waals surface area contributed by atoms with Crippen LogP contribution in [-0.4, -0.2) is 22.2 Å².